The fourth-order valence-corrected chi connectivity index (χ4v) is 5.91. The minimum absolute atomic E-state index is 0.0868. The number of likely N-dealkylation sites (tertiary alicyclic amines) is 1. The third-order valence-electron chi connectivity index (χ3n) is 6.02. The molecule has 2 amide bonds. The molecule has 0 aromatic heterocycles. The van der Waals surface area contributed by atoms with Crippen LogP contribution < -0.4 is 9.62 Å². The Morgan fingerprint density at radius 3 is 2.50 bits per heavy atom. The van der Waals surface area contributed by atoms with Gasteiger partial charge in [0.05, 0.1) is 16.6 Å². The van der Waals surface area contributed by atoms with E-state index in [1.54, 1.807) is 29.2 Å². The van der Waals surface area contributed by atoms with E-state index in [9.17, 15) is 18.0 Å². The molecule has 8 heteroatoms. The minimum Gasteiger partial charge on any atom is -0.346 e. The number of nitrogens with one attached hydrogen (secondary N) is 1. The summed E-state index contributed by atoms with van der Waals surface area (Å²) in [6.07, 6.45) is 4.69. The molecule has 0 radical (unpaired) electrons. The number of carbonyl (C=O) groups excluding carboxylic acids is 2. The summed E-state index contributed by atoms with van der Waals surface area (Å²) in [5.74, 6) is -0.432. The number of nitrogens with zero attached hydrogens (tertiary/aromatic N) is 2. The molecule has 1 fully saturated rings. The number of sulfonamides is 1. The van der Waals surface area contributed by atoms with Crippen molar-refractivity contribution in [2.75, 3.05) is 23.9 Å². The Morgan fingerprint density at radius 1 is 1.00 bits per heavy atom. The molecular weight excluding hydrogens is 426 g/mol. The van der Waals surface area contributed by atoms with Crippen LogP contribution in [-0.2, 0) is 14.8 Å². The summed E-state index contributed by atoms with van der Waals surface area (Å²) in [7, 11) is -3.89. The molecule has 32 heavy (non-hydrogen) atoms. The van der Waals surface area contributed by atoms with E-state index in [1.807, 2.05) is 12.1 Å². The summed E-state index contributed by atoms with van der Waals surface area (Å²) < 4.78 is 28.5. The normalized spacial score (nSPS) is 18.6. The zero-order valence-electron chi connectivity index (χ0n) is 17.9. The molecule has 2 aliphatic rings. The second-order valence-corrected chi connectivity index (χ2v) is 9.93. The van der Waals surface area contributed by atoms with Gasteiger partial charge in [0.2, 0.25) is 5.91 Å². The molecule has 1 unspecified atom stereocenters. The number of amides is 2. The van der Waals surface area contributed by atoms with Gasteiger partial charge >= 0.3 is 0 Å². The maximum Gasteiger partial charge on any atom is 0.264 e. The van der Waals surface area contributed by atoms with Crippen LogP contribution in [0.15, 0.2) is 66.1 Å². The van der Waals surface area contributed by atoms with Gasteiger partial charge in [0.1, 0.15) is 0 Å². The van der Waals surface area contributed by atoms with Crippen LogP contribution in [0.1, 0.15) is 47.6 Å². The zero-order valence-corrected chi connectivity index (χ0v) is 18.7. The molecule has 0 spiro atoms. The molecule has 2 heterocycles. The lowest BCUT2D eigenvalue weighted by molar-refractivity contribution is -0.117. The maximum atomic E-state index is 13.6. The number of anilines is 1. The first-order chi connectivity index (χ1) is 15.4. The monoisotopic (exact) mass is 453 g/mol. The summed E-state index contributed by atoms with van der Waals surface area (Å²) >= 11 is 0. The highest BCUT2D eigenvalue weighted by molar-refractivity contribution is 7.92. The van der Waals surface area contributed by atoms with Gasteiger partial charge < -0.3 is 10.2 Å². The quantitative estimate of drug-likeness (QED) is 0.704. The molecule has 1 N–H and O–H groups in total. The number of piperidine rings is 1. The lowest BCUT2D eigenvalue weighted by atomic mass is 9.98. The number of benzene rings is 2. The third kappa shape index (κ3) is 4.27. The molecule has 168 valence electrons. The highest BCUT2D eigenvalue weighted by Crippen LogP contribution is 2.37. The van der Waals surface area contributed by atoms with E-state index in [0.717, 1.165) is 24.8 Å². The van der Waals surface area contributed by atoms with Gasteiger partial charge in [-0.05, 0) is 61.6 Å². The Morgan fingerprint density at radius 2 is 1.75 bits per heavy atom. The molecule has 1 saturated heterocycles. The van der Waals surface area contributed by atoms with Gasteiger partial charge in [-0.1, -0.05) is 30.8 Å². The lowest BCUT2D eigenvalue weighted by Crippen LogP contribution is -2.40. The van der Waals surface area contributed by atoms with E-state index < -0.39 is 10.0 Å². The Bertz CT molecular complexity index is 1140. The molecule has 2 aromatic carbocycles. The van der Waals surface area contributed by atoms with Crippen molar-refractivity contribution in [3.05, 3.63) is 72.3 Å². The molecule has 0 aliphatic carbocycles. The second kappa shape index (κ2) is 9.16. The van der Waals surface area contributed by atoms with Gasteiger partial charge in [-0.25, -0.2) is 8.42 Å². The van der Waals surface area contributed by atoms with Gasteiger partial charge in [0, 0.05) is 25.2 Å². The topological polar surface area (TPSA) is 86.8 Å². The minimum atomic E-state index is -3.89. The van der Waals surface area contributed by atoms with Crippen molar-refractivity contribution in [1.29, 1.82) is 0 Å². The lowest BCUT2D eigenvalue weighted by Gasteiger charge is -2.35. The predicted octanol–water partition coefficient (Wildman–Crippen LogP) is 3.26. The van der Waals surface area contributed by atoms with Crippen LogP contribution in [0.3, 0.4) is 0 Å². The standard InChI is InChI=1S/C24H27N3O4S/c1-2-23(28)25-21-13-16-27(22-12-5-4-11-20(21)22)32(30,31)19-10-8-9-18(17-19)24(29)26-14-6-3-7-15-26/h2,4-5,8-12,17,21H,1,3,6-7,13-16H2,(H,25,28). The van der Waals surface area contributed by atoms with Gasteiger partial charge in [-0.3, -0.25) is 13.9 Å². The first-order valence-corrected chi connectivity index (χ1v) is 12.3. The number of fused-ring (bicyclic) bond motifs is 1. The van der Waals surface area contributed by atoms with Crippen molar-refractivity contribution in [2.24, 2.45) is 0 Å². The molecule has 2 aromatic rings. The SMILES string of the molecule is C=CC(=O)NC1CCN(S(=O)(=O)c2cccc(C(=O)N3CCCCC3)c2)c2ccccc21. The first-order valence-electron chi connectivity index (χ1n) is 10.9. The van der Waals surface area contributed by atoms with E-state index in [-0.39, 0.29) is 29.3 Å². The Hall–Kier alpha value is -3.13. The average Bonchev–Trinajstić information content (AvgIpc) is 2.84. The third-order valence-corrected chi connectivity index (χ3v) is 7.83. The smallest absolute Gasteiger partial charge is 0.264 e. The van der Waals surface area contributed by atoms with Crippen LogP contribution in [0, 0.1) is 0 Å². The number of hydrogen-bond acceptors (Lipinski definition) is 4. The van der Waals surface area contributed by atoms with Crippen molar-refractivity contribution in [3.63, 3.8) is 0 Å². The van der Waals surface area contributed by atoms with Crippen molar-refractivity contribution >= 4 is 27.5 Å². The van der Waals surface area contributed by atoms with E-state index in [1.165, 1.54) is 22.5 Å². The van der Waals surface area contributed by atoms with E-state index >= 15 is 0 Å². The van der Waals surface area contributed by atoms with Crippen LogP contribution >= 0.6 is 0 Å². The molecule has 7 nitrogen and oxygen atoms in total. The molecule has 1 atom stereocenters. The maximum absolute atomic E-state index is 13.6. The van der Waals surface area contributed by atoms with E-state index in [2.05, 4.69) is 11.9 Å². The van der Waals surface area contributed by atoms with Crippen molar-refractivity contribution < 1.29 is 18.0 Å². The number of rotatable bonds is 5. The van der Waals surface area contributed by atoms with Crippen LogP contribution in [0.2, 0.25) is 0 Å². The zero-order chi connectivity index (χ0) is 22.7. The fraction of sp³-hybridized carbons (Fsp3) is 0.333. The van der Waals surface area contributed by atoms with Crippen molar-refractivity contribution in [1.82, 2.24) is 10.2 Å². The Labute approximate surface area is 188 Å². The second-order valence-electron chi connectivity index (χ2n) is 8.07. The molecule has 2 aliphatic heterocycles. The van der Waals surface area contributed by atoms with E-state index in [0.29, 0.717) is 30.8 Å². The highest BCUT2D eigenvalue weighted by Gasteiger charge is 2.34. The Balaban J connectivity index is 1.65. The largest absolute Gasteiger partial charge is 0.346 e. The number of para-hydroxylation sites is 1. The summed E-state index contributed by atoms with van der Waals surface area (Å²) in [5, 5.41) is 2.87. The predicted molar refractivity (Wildman–Crippen MR) is 123 cm³/mol. The summed E-state index contributed by atoms with van der Waals surface area (Å²) in [6, 6.07) is 13.1. The number of carbonyl (C=O) groups is 2. The molecule has 0 saturated carbocycles. The van der Waals surface area contributed by atoms with Gasteiger partial charge in [0.15, 0.2) is 0 Å². The summed E-state index contributed by atoms with van der Waals surface area (Å²) in [4.78, 5) is 26.6. The van der Waals surface area contributed by atoms with Crippen molar-refractivity contribution in [2.45, 2.75) is 36.6 Å². The summed E-state index contributed by atoms with van der Waals surface area (Å²) in [6.45, 7) is 5.10. The van der Waals surface area contributed by atoms with Crippen LogP contribution in [-0.4, -0.2) is 44.8 Å². The first kappa shape index (κ1) is 22.1. The fourth-order valence-electron chi connectivity index (χ4n) is 4.36. The molecule has 4 rings (SSSR count). The highest BCUT2D eigenvalue weighted by atomic mass is 32.2. The average molecular weight is 454 g/mol. The molecule has 0 bridgehead atoms. The van der Waals surface area contributed by atoms with Crippen LogP contribution in [0.25, 0.3) is 0 Å². The van der Waals surface area contributed by atoms with Crippen molar-refractivity contribution in [3.8, 4) is 0 Å². The number of hydrogen-bond donors (Lipinski definition) is 1. The Kier molecular flexibility index (Phi) is 6.32. The molecular formula is C24H27N3O4S. The van der Waals surface area contributed by atoms with Gasteiger partial charge in [0.25, 0.3) is 15.9 Å². The van der Waals surface area contributed by atoms with Crippen LogP contribution in [0.4, 0.5) is 5.69 Å². The van der Waals surface area contributed by atoms with Gasteiger partial charge in [-0.2, -0.15) is 0 Å². The van der Waals surface area contributed by atoms with Crippen LogP contribution in [0.5, 0.6) is 0 Å². The van der Waals surface area contributed by atoms with E-state index in [4.69, 9.17) is 0 Å². The van der Waals surface area contributed by atoms with Gasteiger partial charge in [-0.15, -0.1) is 0 Å². The summed E-state index contributed by atoms with van der Waals surface area (Å²) in [5.41, 5.74) is 1.65.